The molecular weight excluding hydrogens is 212 g/mol. The normalized spacial score (nSPS) is 25.3. The number of carboxylic acids is 1. The lowest BCUT2D eigenvalue weighted by molar-refractivity contribution is -0.147. The van der Waals surface area contributed by atoms with Gasteiger partial charge in [-0.2, -0.15) is 0 Å². The maximum Gasteiger partial charge on any atom is 0.328 e. The van der Waals surface area contributed by atoms with Crippen LogP contribution in [0.15, 0.2) is 0 Å². The van der Waals surface area contributed by atoms with Gasteiger partial charge in [0.1, 0.15) is 0 Å². The topological polar surface area (TPSA) is 70.1 Å². The molecule has 2 amide bonds. The van der Waals surface area contributed by atoms with Gasteiger partial charge in [0.15, 0.2) is 6.04 Å². The van der Waals surface area contributed by atoms with E-state index in [1.807, 2.05) is 0 Å². The average Bonchev–Trinajstić information content (AvgIpc) is 3.11. The van der Waals surface area contributed by atoms with E-state index < -0.39 is 12.0 Å². The Morgan fingerprint density at radius 3 is 2.69 bits per heavy atom. The second-order valence-corrected chi connectivity index (χ2v) is 4.25. The van der Waals surface area contributed by atoms with Crippen molar-refractivity contribution in [1.29, 1.82) is 0 Å². The number of urea groups is 1. The fourth-order valence-corrected chi connectivity index (χ4v) is 1.86. The van der Waals surface area contributed by atoms with Gasteiger partial charge in [0, 0.05) is 19.6 Å². The van der Waals surface area contributed by atoms with Crippen molar-refractivity contribution in [3.8, 4) is 0 Å². The Labute approximate surface area is 93.8 Å². The van der Waals surface area contributed by atoms with Gasteiger partial charge in [-0.1, -0.05) is 0 Å². The molecule has 2 aliphatic rings. The van der Waals surface area contributed by atoms with Crippen LogP contribution in [0.2, 0.25) is 0 Å². The van der Waals surface area contributed by atoms with Crippen molar-refractivity contribution in [3.63, 3.8) is 0 Å². The highest BCUT2D eigenvalue weighted by atomic mass is 16.5. The molecule has 0 aromatic carbocycles. The Bertz CT molecular complexity index is 303. The van der Waals surface area contributed by atoms with Gasteiger partial charge >= 0.3 is 12.0 Å². The lowest BCUT2D eigenvalue weighted by Crippen LogP contribution is -2.56. The minimum atomic E-state index is -1.00. The molecule has 16 heavy (non-hydrogen) atoms. The molecule has 1 aliphatic carbocycles. The first-order valence-corrected chi connectivity index (χ1v) is 5.45. The summed E-state index contributed by atoms with van der Waals surface area (Å²) in [6.07, 6.45) is 2.04. The second kappa shape index (κ2) is 4.29. The van der Waals surface area contributed by atoms with Gasteiger partial charge in [-0.3, -0.25) is 0 Å². The number of morpholine rings is 1. The molecular formula is C10H16N2O4. The minimum Gasteiger partial charge on any atom is -0.480 e. The molecule has 0 aromatic rings. The maximum atomic E-state index is 12.0. The molecule has 0 radical (unpaired) electrons. The standard InChI is InChI=1S/C10H16N2O4/c1-11(7-2-3-7)10(15)12-4-5-16-6-8(12)9(13)14/h7-8H,2-6H2,1H3,(H,13,14). The number of carbonyl (C=O) groups is 2. The fraction of sp³-hybridized carbons (Fsp3) is 0.800. The zero-order valence-electron chi connectivity index (χ0n) is 9.26. The first-order chi connectivity index (χ1) is 7.61. The van der Waals surface area contributed by atoms with E-state index in [2.05, 4.69) is 0 Å². The summed E-state index contributed by atoms with van der Waals surface area (Å²) in [6, 6.07) is -0.745. The molecule has 1 saturated heterocycles. The van der Waals surface area contributed by atoms with E-state index in [4.69, 9.17) is 9.84 Å². The highest BCUT2D eigenvalue weighted by Gasteiger charge is 2.38. The molecule has 1 unspecified atom stereocenters. The lowest BCUT2D eigenvalue weighted by Gasteiger charge is -2.35. The van der Waals surface area contributed by atoms with E-state index in [1.165, 1.54) is 4.90 Å². The van der Waals surface area contributed by atoms with Crippen LogP contribution in [0.4, 0.5) is 4.79 Å². The first-order valence-electron chi connectivity index (χ1n) is 5.45. The molecule has 0 bridgehead atoms. The number of carboxylic acid groups (broad SMARTS) is 1. The Balaban J connectivity index is 2.03. The Hall–Kier alpha value is -1.30. The van der Waals surface area contributed by atoms with Crippen LogP contribution in [0.1, 0.15) is 12.8 Å². The zero-order chi connectivity index (χ0) is 11.7. The van der Waals surface area contributed by atoms with Crippen molar-refractivity contribution in [2.75, 3.05) is 26.8 Å². The van der Waals surface area contributed by atoms with Gasteiger partial charge in [0.2, 0.25) is 0 Å². The summed E-state index contributed by atoms with van der Waals surface area (Å²) in [5.74, 6) is -1.00. The SMILES string of the molecule is CN(C(=O)N1CCOCC1C(=O)O)C1CC1. The van der Waals surface area contributed by atoms with Gasteiger partial charge in [-0.15, -0.1) is 0 Å². The fourth-order valence-electron chi connectivity index (χ4n) is 1.86. The van der Waals surface area contributed by atoms with Crippen LogP contribution in [0.5, 0.6) is 0 Å². The van der Waals surface area contributed by atoms with Gasteiger partial charge in [-0.25, -0.2) is 9.59 Å². The molecule has 1 saturated carbocycles. The molecule has 1 atom stereocenters. The monoisotopic (exact) mass is 228 g/mol. The van der Waals surface area contributed by atoms with Crippen LogP contribution in [0.25, 0.3) is 0 Å². The molecule has 2 rings (SSSR count). The largest absolute Gasteiger partial charge is 0.480 e. The van der Waals surface area contributed by atoms with Gasteiger partial charge < -0.3 is 19.6 Å². The summed E-state index contributed by atoms with van der Waals surface area (Å²) in [5, 5.41) is 9.00. The van der Waals surface area contributed by atoms with Crippen molar-refractivity contribution in [1.82, 2.24) is 9.80 Å². The highest BCUT2D eigenvalue weighted by molar-refractivity contribution is 5.83. The number of hydrogen-bond donors (Lipinski definition) is 1. The summed E-state index contributed by atoms with van der Waals surface area (Å²) >= 11 is 0. The molecule has 0 aromatic heterocycles. The quantitative estimate of drug-likeness (QED) is 0.721. The van der Waals surface area contributed by atoms with E-state index in [0.717, 1.165) is 12.8 Å². The minimum absolute atomic E-state index is 0.0829. The van der Waals surface area contributed by atoms with Crippen LogP contribution in [-0.4, -0.2) is 65.8 Å². The van der Waals surface area contributed by atoms with E-state index in [9.17, 15) is 9.59 Å². The Morgan fingerprint density at radius 2 is 2.12 bits per heavy atom. The van der Waals surface area contributed by atoms with Crippen molar-refractivity contribution >= 4 is 12.0 Å². The van der Waals surface area contributed by atoms with Gasteiger partial charge in [0.05, 0.1) is 13.2 Å². The number of hydrogen-bond acceptors (Lipinski definition) is 3. The molecule has 6 heteroatoms. The van der Waals surface area contributed by atoms with Crippen molar-refractivity contribution in [3.05, 3.63) is 0 Å². The highest BCUT2D eigenvalue weighted by Crippen LogP contribution is 2.26. The molecule has 1 N–H and O–H groups in total. The third kappa shape index (κ3) is 2.11. The number of ether oxygens (including phenoxy) is 1. The number of nitrogens with zero attached hydrogens (tertiary/aromatic N) is 2. The molecule has 0 spiro atoms. The molecule has 2 fully saturated rings. The van der Waals surface area contributed by atoms with Gasteiger partial charge in [0.25, 0.3) is 0 Å². The van der Waals surface area contributed by atoms with Crippen LogP contribution in [0, 0.1) is 0 Å². The van der Waals surface area contributed by atoms with Gasteiger partial charge in [-0.05, 0) is 12.8 Å². The third-order valence-corrected chi connectivity index (χ3v) is 3.06. The summed E-state index contributed by atoms with van der Waals surface area (Å²) in [6.45, 7) is 0.848. The number of amides is 2. The maximum absolute atomic E-state index is 12.0. The summed E-state index contributed by atoms with van der Waals surface area (Å²) in [4.78, 5) is 26.0. The molecule has 6 nitrogen and oxygen atoms in total. The van der Waals surface area contributed by atoms with Crippen LogP contribution in [0.3, 0.4) is 0 Å². The molecule has 1 heterocycles. The third-order valence-electron chi connectivity index (χ3n) is 3.06. The van der Waals surface area contributed by atoms with E-state index in [-0.39, 0.29) is 12.6 Å². The molecule has 1 aliphatic heterocycles. The summed E-state index contributed by atoms with van der Waals surface area (Å²) < 4.78 is 5.09. The summed E-state index contributed by atoms with van der Waals surface area (Å²) in [5.41, 5.74) is 0. The second-order valence-electron chi connectivity index (χ2n) is 4.25. The van der Waals surface area contributed by atoms with E-state index >= 15 is 0 Å². The smallest absolute Gasteiger partial charge is 0.328 e. The van der Waals surface area contributed by atoms with E-state index in [0.29, 0.717) is 19.2 Å². The average molecular weight is 228 g/mol. The van der Waals surface area contributed by atoms with Crippen LogP contribution < -0.4 is 0 Å². The molecule has 90 valence electrons. The van der Waals surface area contributed by atoms with E-state index in [1.54, 1.807) is 11.9 Å². The number of rotatable bonds is 2. The van der Waals surface area contributed by atoms with Crippen molar-refractivity contribution in [2.45, 2.75) is 24.9 Å². The Morgan fingerprint density at radius 1 is 1.44 bits per heavy atom. The zero-order valence-corrected chi connectivity index (χ0v) is 9.26. The van der Waals surface area contributed by atoms with Crippen LogP contribution in [-0.2, 0) is 9.53 Å². The van der Waals surface area contributed by atoms with Crippen molar-refractivity contribution in [2.24, 2.45) is 0 Å². The lowest BCUT2D eigenvalue weighted by atomic mass is 10.2. The van der Waals surface area contributed by atoms with Crippen LogP contribution >= 0.6 is 0 Å². The number of aliphatic carboxylic acids is 1. The predicted octanol–water partition coefficient (Wildman–Crippen LogP) is -0.0140. The Kier molecular flexibility index (Phi) is 3.00. The predicted molar refractivity (Wildman–Crippen MR) is 55.1 cm³/mol. The van der Waals surface area contributed by atoms with Crippen molar-refractivity contribution < 1.29 is 19.4 Å². The summed E-state index contributed by atoms with van der Waals surface area (Å²) in [7, 11) is 1.73. The first kappa shape index (κ1) is 11.2. The number of carbonyl (C=O) groups excluding carboxylic acids is 1.